The third-order valence-electron chi connectivity index (χ3n) is 8.63. The Hall–Kier alpha value is -5.26. The summed E-state index contributed by atoms with van der Waals surface area (Å²) in [5, 5.41) is 18.6. The number of carbonyl (C=O) groups is 4. The molecule has 4 aliphatic rings. The first-order valence-electron chi connectivity index (χ1n) is 13.7. The summed E-state index contributed by atoms with van der Waals surface area (Å²) in [6.45, 7) is 0. The van der Waals surface area contributed by atoms with Gasteiger partial charge in [-0.1, -0.05) is 36.4 Å². The van der Waals surface area contributed by atoms with Crippen molar-refractivity contribution in [2.24, 2.45) is 14.1 Å². The number of nitrogens with one attached hydrogen (secondary N) is 4. The van der Waals surface area contributed by atoms with Crippen LogP contribution in [0.2, 0.25) is 0 Å². The maximum atomic E-state index is 12.1. The van der Waals surface area contributed by atoms with Crippen LogP contribution >= 0.6 is 0 Å². The van der Waals surface area contributed by atoms with Crippen LogP contribution in [0.3, 0.4) is 0 Å². The predicted molar refractivity (Wildman–Crippen MR) is 151 cm³/mol. The van der Waals surface area contributed by atoms with Crippen LogP contribution in [-0.2, 0) is 47.6 Å². The number of rotatable bonds is 2. The van der Waals surface area contributed by atoms with Gasteiger partial charge in [0.2, 0.25) is 0 Å². The monoisotopic (exact) mass is 564 g/mol. The Morgan fingerprint density at radius 1 is 0.643 bits per heavy atom. The average Bonchev–Trinajstić information content (AvgIpc) is 3.80. The summed E-state index contributed by atoms with van der Waals surface area (Å²) in [6, 6.07) is 11.2. The largest absolute Gasteiger partial charge is 0.322 e. The molecule has 0 bridgehead atoms. The highest BCUT2D eigenvalue weighted by atomic mass is 16.2. The molecule has 2 saturated heterocycles. The van der Waals surface area contributed by atoms with Crippen molar-refractivity contribution in [3.8, 4) is 22.3 Å². The van der Waals surface area contributed by atoms with Gasteiger partial charge in [0, 0.05) is 37.6 Å². The topological polar surface area (TPSA) is 152 Å². The van der Waals surface area contributed by atoms with Crippen molar-refractivity contribution in [3.05, 3.63) is 83.4 Å². The van der Waals surface area contributed by atoms with E-state index in [1.54, 1.807) is 9.36 Å². The van der Waals surface area contributed by atoms with E-state index >= 15 is 0 Å². The zero-order valence-corrected chi connectivity index (χ0v) is 23.0. The quantitative estimate of drug-likeness (QED) is 0.274. The summed E-state index contributed by atoms with van der Waals surface area (Å²) in [5.74, 6) is -0.499. The lowest BCUT2D eigenvalue weighted by Crippen LogP contribution is -2.41. The summed E-state index contributed by atoms with van der Waals surface area (Å²) < 4.78 is 3.52. The van der Waals surface area contributed by atoms with E-state index in [1.807, 2.05) is 63.1 Å². The highest BCUT2D eigenvalue weighted by molar-refractivity contribution is 6.08. The van der Waals surface area contributed by atoms with Crippen LogP contribution in [0.1, 0.15) is 35.1 Å². The third-order valence-corrected chi connectivity index (χ3v) is 8.63. The molecule has 2 fully saturated rings. The molecule has 4 N–H and O–H groups in total. The molecule has 0 saturated carbocycles. The van der Waals surface area contributed by atoms with Gasteiger partial charge < -0.3 is 10.6 Å². The maximum Gasteiger partial charge on any atom is 0.322 e. The van der Waals surface area contributed by atoms with Crippen LogP contribution in [0, 0.1) is 0 Å². The Morgan fingerprint density at radius 2 is 1.07 bits per heavy atom. The summed E-state index contributed by atoms with van der Waals surface area (Å²) in [5.41, 5.74) is 6.49. The van der Waals surface area contributed by atoms with Crippen LogP contribution in [0.4, 0.5) is 9.59 Å². The van der Waals surface area contributed by atoms with E-state index in [2.05, 4.69) is 43.6 Å². The molecule has 2 aromatic carbocycles. The van der Waals surface area contributed by atoms with E-state index < -0.39 is 23.1 Å². The van der Waals surface area contributed by atoms with E-state index in [-0.39, 0.29) is 11.8 Å². The number of aryl methyl sites for hydroxylation is 4. The molecule has 2 atom stereocenters. The molecule has 4 heterocycles. The summed E-state index contributed by atoms with van der Waals surface area (Å²) >= 11 is 0. The van der Waals surface area contributed by atoms with Gasteiger partial charge in [-0.25, -0.2) is 9.59 Å². The van der Waals surface area contributed by atoms with Gasteiger partial charge in [0.05, 0.1) is 12.4 Å². The lowest BCUT2D eigenvalue weighted by Gasteiger charge is -2.21. The number of carbonyl (C=O) groups excluding carboxylic acids is 4. The van der Waals surface area contributed by atoms with Gasteiger partial charge in [0.15, 0.2) is 0 Å². The Bertz CT molecular complexity index is 1690. The summed E-state index contributed by atoms with van der Waals surface area (Å²) in [7, 11) is 3.76. The smallest absolute Gasteiger partial charge is 0.319 e. The van der Waals surface area contributed by atoms with Crippen LogP contribution < -0.4 is 21.3 Å². The Balaban J connectivity index is 0.000000137. The van der Waals surface area contributed by atoms with Crippen molar-refractivity contribution >= 4 is 23.9 Å². The fourth-order valence-corrected chi connectivity index (χ4v) is 6.56. The number of aromatic nitrogens is 4. The first-order chi connectivity index (χ1) is 20.2. The van der Waals surface area contributed by atoms with E-state index in [0.29, 0.717) is 12.8 Å². The van der Waals surface area contributed by atoms with E-state index in [4.69, 9.17) is 0 Å². The number of hydrogen-bond donors (Lipinski definition) is 4. The van der Waals surface area contributed by atoms with Crippen molar-refractivity contribution in [1.82, 2.24) is 40.8 Å². The molecule has 0 radical (unpaired) electrons. The second kappa shape index (κ2) is 9.13. The minimum Gasteiger partial charge on any atom is -0.319 e. The molecule has 212 valence electrons. The fraction of sp³-hybridized carbons (Fsp3) is 0.267. The molecule has 12 heteroatoms. The van der Waals surface area contributed by atoms with E-state index in [0.717, 1.165) is 57.3 Å². The number of amides is 6. The van der Waals surface area contributed by atoms with Crippen LogP contribution in [-0.4, -0.2) is 43.4 Å². The number of imide groups is 2. The van der Waals surface area contributed by atoms with Gasteiger partial charge >= 0.3 is 12.1 Å². The zero-order chi connectivity index (χ0) is 29.2. The molecule has 8 rings (SSSR count). The number of benzene rings is 2. The molecule has 0 unspecified atom stereocenters. The number of hydrogen-bond acceptors (Lipinski definition) is 6. The van der Waals surface area contributed by atoms with Gasteiger partial charge in [-0.2, -0.15) is 10.2 Å². The highest BCUT2D eigenvalue weighted by Gasteiger charge is 2.52. The SMILES string of the molecule is Cn1cc(-c2ccc3c(c2)CC[C@]32NC(=O)NC2=O)cn1.Cn1cc(-c2ccc3c(c2)CC[C@]32NC(=O)NC2=O)cn1. The van der Waals surface area contributed by atoms with Gasteiger partial charge in [-0.3, -0.25) is 29.6 Å². The van der Waals surface area contributed by atoms with Crippen LogP contribution in [0.25, 0.3) is 22.3 Å². The molecule has 2 aliphatic heterocycles. The predicted octanol–water partition coefficient (Wildman–Crippen LogP) is 2.14. The van der Waals surface area contributed by atoms with E-state index in [1.165, 1.54) is 0 Å². The third kappa shape index (κ3) is 3.90. The molecule has 4 aromatic rings. The Morgan fingerprint density at radius 3 is 1.40 bits per heavy atom. The molecule has 2 spiro atoms. The molecular formula is C30H28N8O4. The van der Waals surface area contributed by atoms with E-state index in [9.17, 15) is 19.2 Å². The molecular weight excluding hydrogens is 536 g/mol. The second-order valence-electron chi connectivity index (χ2n) is 11.2. The lowest BCUT2D eigenvalue weighted by atomic mass is 9.91. The number of fused-ring (bicyclic) bond motifs is 4. The van der Waals surface area contributed by atoms with Gasteiger partial charge in [0.1, 0.15) is 11.1 Å². The zero-order valence-electron chi connectivity index (χ0n) is 23.0. The van der Waals surface area contributed by atoms with Crippen LogP contribution in [0.5, 0.6) is 0 Å². The standard InChI is InChI=1S/2C15H14N4O2/c2*1-19-8-11(7-16-19)9-2-3-12-10(6-9)4-5-15(12)13(20)17-14(21)18-15/h2*2-3,6-8H,4-5H2,1H3,(H2,17,18,20,21)/t2*15-/m00/s1. The fourth-order valence-electron chi connectivity index (χ4n) is 6.56. The van der Waals surface area contributed by atoms with Crippen molar-refractivity contribution < 1.29 is 19.2 Å². The minimum absolute atomic E-state index is 0.250. The number of nitrogens with zero attached hydrogens (tertiary/aromatic N) is 4. The van der Waals surface area contributed by atoms with Crippen LogP contribution in [0.15, 0.2) is 61.2 Å². The minimum atomic E-state index is -0.875. The molecule has 12 nitrogen and oxygen atoms in total. The second-order valence-corrected chi connectivity index (χ2v) is 11.2. The van der Waals surface area contributed by atoms with Gasteiger partial charge in [0.25, 0.3) is 11.8 Å². The lowest BCUT2D eigenvalue weighted by molar-refractivity contribution is -0.125. The summed E-state index contributed by atoms with van der Waals surface area (Å²) in [4.78, 5) is 47.2. The van der Waals surface area contributed by atoms with Gasteiger partial charge in [-0.05, 0) is 59.1 Å². The first-order valence-corrected chi connectivity index (χ1v) is 13.7. The summed E-state index contributed by atoms with van der Waals surface area (Å²) in [6.07, 6.45) is 10.3. The van der Waals surface area contributed by atoms with Crippen molar-refractivity contribution in [2.45, 2.75) is 36.8 Å². The maximum absolute atomic E-state index is 12.1. The van der Waals surface area contributed by atoms with Crippen molar-refractivity contribution in [3.63, 3.8) is 0 Å². The Labute approximate surface area is 240 Å². The normalized spacial score (nSPS) is 23.3. The number of urea groups is 2. The van der Waals surface area contributed by atoms with Crippen molar-refractivity contribution in [2.75, 3.05) is 0 Å². The first kappa shape index (κ1) is 25.7. The Kier molecular flexibility index (Phi) is 5.58. The highest BCUT2D eigenvalue weighted by Crippen LogP contribution is 2.42. The average molecular weight is 565 g/mol. The molecule has 6 amide bonds. The van der Waals surface area contributed by atoms with Crippen molar-refractivity contribution in [1.29, 1.82) is 0 Å². The molecule has 2 aromatic heterocycles. The molecule has 2 aliphatic carbocycles. The molecule has 42 heavy (non-hydrogen) atoms. The van der Waals surface area contributed by atoms with Gasteiger partial charge in [-0.15, -0.1) is 0 Å².